The second kappa shape index (κ2) is 9.90. The number of carbonyl (C=O) groups is 2. The Kier molecular flexibility index (Phi) is 7.50. The number of hydrogen-bond acceptors (Lipinski definition) is 7. The lowest BCUT2D eigenvalue weighted by Gasteiger charge is -2.22. The lowest BCUT2D eigenvalue weighted by molar-refractivity contribution is -0.123. The number of thioether (sulfide) groups is 1. The van der Waals surface area contributed by atoms with E-state index in [0.717, 1.165) is 10.7 Å². The Hall–Kier alpha value is -1.95. The summed E-state index contributed by atoms with van der Waals surface area (Å²) in [5.41, 5.74) is 1.45. The molecule has 162 valence electrons. The van der Waals surface area contributed by atoms with Crippen molar-refractivity contribution in [3.05, 3.63) is 40.3 Å². The largest absolute Gasteiger partial charge is 0.354 e. The highest BCUT2D eigenvalue weighted by atomic mass is 32.2. The predicted octanol–water partition coefficient (Wildman–Crippen LogP) is 2.22. The number of nitrogens with zero attached hydrogens (tertiary/aromatic N) is 2. The quantitative estimate of drug-likeness (QED) is 0.615. The van der Waals surface area contributed by atoms with Gasteiger partial charge in [-0.2, -0.15) is 4.31 Å². The number of hydrogen-bond donors (Lipinski definition) is 2. The van der Waals surface area contributed by atoms with Crippen LogP contribution in [0.25, 0.3) is 0 Å². The van der Waals surface area contributed by atoms with E-state index in [4.69, 9.17) is 0 Å². The standard InChI is InChI=1S/C19H24N4O4S3/c1-3-18(24)22-14-4-6-16(7-5-14)30(26,27)23-12-28-11-17(23)19(25)20-9-8-15-10-29-13(2)21-15/h4-7,10,17H,3,8-9,11-12H2,1-2H3,(H,20,25)(H,22,24). The van der Waals surface area contributed by atoms with Crippen LogP contribution in [0, 0.1) is 6.92 Å². The van der Waals surface area contributed by atoms with E-state index in [1.165, 1.54) is 28.2 Å². The Morgan fingerprint density at radius 1 is 1.27 bits per heavy atom. The third-order valence-corrected chi connectivity index (χ3v) is 8.42. The molecule has 8 nitrogen and oxygen atoms in total. The smallest absolute Gasteiger partial charge is 0.244 e. The van der Waals surface area contributed by atoms with Crippen LogP contribution in [0.2, 0.25) is 0 Å². The third-order valence-electron chi connectivity index (χ3n) is 4.56. The fourth-order valence-corrected chi connectivity index (χ4v) is 6.72. The topological polar surface area (TPSA) is 108 Å². The molecular formula is C19H24N4O4S3. The first-order chi connectivity index (χ1) is 14.3. The summed E-state index contributed by atoms with van der Waals surface area (Å²) in [6.45, 7) is 4.07. The zero-order valence-electron chi connectivity index (χ0n) is 16.8. The maximum Gasteiger partial charge on any atom is 0.244 e. The Morgan fingerprint density at radius 3 is 2.63 bits per heavy atom. The van der Waals surface area contributed by atoms with E-state index in [2.05, 4.69) is 15.6 Å². The highest BCUT2D eigenvalue weighted by molar-refractivity contribution is 8.00. The number of carbonyl (C=O) groups excluding carboxylic acids is 2. The molecule has 1 aliphatic heterocycles. The van der Waals surface area contributed by atoms with Crippen molar-refractivity contribution < 1.29 is 18.0 Å². The van der Waals surface area contributed by atoms with Crippen molar-refractivity contribution in [2.24, 2.45) is 0 Å². The van der Waals surface area contributed by atoms with Crippen molar-refractivity contribution in [1.82, 2.24) is 14.6 Å². The molecule has 2 heterocycles. The second-order valence-corrected chi connectivity index (χ2v) is 10.7. The fraction of sp³-hybridized carbons (Fsp3) is 0.421. The van der Waals surface area contributed by atoms with Crippen LogP contribution in [0.3, 0.4) is 0 Å². The minimum Gasteiger partial charge on any atom is -0.354 e. The number of thiazole rings is 1. The molecule has 30 heavy (non-hydrogen) atoms. The minimum absolute atomic E-state index is 0.0928. The fourth-order valence-electron chi connectivity index (χ4n) is 2.92. The highest BCUT2D eigenvalue weighted by Gasteiger charge is 2.39. The molecule has 2 N–H and O–H groups in total. The van der Waals surface area contributed by atoms with Gasteiger partial charge in [0.15, 0.2) is 0 Å². The number of sulfonamides is 1. The first kappa shape index (κ1) is 22.7. The van der Waals surface area contributed by atoms with Crippen LogP contribution >= 0.6 is 23.1 Å². The highest BCUT2D eigenvalue weighted by Crippen LogP contribution is 2.29. The van der Waals surface area contributed by atoms with Gasteiger partial charge in [-0.3, -0.25) is 9.59 Å². The third kappa shape index (κ3) is 5.39. The molecule has 0 bridgehead atoms. The van der Waals surface area contributed by atoms with E-state index >= 15 is 0 Å². The van der Waals surface area contributed by atoms with Gasteiger partial charge >= 0.3 is 0 Å². The summed E-state index contributed by atoms with van der Waals surface area (Å²) < 4.78 is 27.4. The number of anilines is 1. The van der Waals surface area contributed by atoms with Gasteiger partial charge in [-0.05, 0) is 31.2 Å². The summed E-state index contributed by atoms with van der Waals surface area (Å²) in [6.07, 6.45) is 0.942. The number of aryl methyl sites for hydroxylation is 1. The molecule has 0 spiro atoms. The average molecular weight is 469 g/mol. The van der Waals surface area contributed by atoms with Crippen molar-refractivity contribution >= 4 is 50.6 Å². The summed E-state index contributed by atoms with van der Waals surface area (Å²) in [5.74, 6) is 0.180. The summed E-state index contributed by atoms with van der Waals surface area (Å²) in [5, 5.41) is 8.44. The monoisotopic (exact) mass is 468 g/mol. The maximum atomic E-state index is 13.1. The van der Waals surface area contributed by atoms with Crippen LogP contribution in [0.1, 0.15) is 24.0 Å². The van der Waals surface area contributed by atoms with Crippen LogP contribution < -0.4 is 10.6 Å². The van der Waals surface area contributed by atoms with Crippen molar-refractivity contribution in [2.45, 2.75) is 37.6 Å². The molecule has 1 aliphatic rings. The van der Waals surface area contributed by atoms with Crippen molar-refractivity contribution in [2.75, 3.05) is 23.5 Å². The van der Waals surface area contributed by atoms with Crippen molar-refractivity contribution in [1.29, 1.82) is 0 Å². The van der Waals surface area contributed by atoms with E-state index in [0.29, 0.717) is 30.8 Å². The molecular weight excluding hydrogens is 444 g/mol. The normalized spacial score (nSPS) is 17.1. The van der Waals surface area contributed by atoms with Crippen molar-refractivity contribution in [3.8, 4) is 0 Å². The zero-order valence-corrected chi connectivity index (χ0v) is 19.2. The molecule has 11 heteroatoms. The SMILES string of the molecule is CCC(=O)Nc1ccc(S(=O)(=O)N2CSCC2C(=O)NCCc2csc(C)n2)cc1. The number of rotatable bonds is 8. The van der Waals surface area contributed by atoms with E-state index < -0.39 is 16.1 Å². The molecule has 0 aliphatic carbocycles. The molecule has 1 aromatic heterocycles. The molecule has 1 unspecified atom stereocenters. The van der Waals surface area contributed by atoms with E-state index in [1.54, 1.807) is 30.4 Å². The van der Waals surface area contributed by atoms with Gasteiger partial charge in [0, 0.05) is 36.2 Å². The zero-order chi connectivity index (χ0) is 21.7. The first-order valence-electron chi connectivity index (χ1n) is 9.49. The van der Waals surface area contributed by atoms with Gasteiger partial charge < -0.3 is 10.6 Å². The Morgan fingerprint density at radius 2 is 2.00 bits per heavy atom. The molecule has 3 rings (SSSR count). The van der Waals surface area contributed by atoms with Gasteiger partial charge in [0.1, 0.15) is 6.04 Å². The number of nitrogens with one attached hydrogen (secondary N) is 2. The number of benzene rings is 1. The molecule has 0 saturated carbocycles. The van der Waals surface area contributed by atoms with Crippen LogP contribution in [0.15, 0.2) is 34.5 Å². The average Bonchev–Trinajstić information content (AvgIpc) is 3.38. The second-order valence-electron chi connectivity index (χ2n) is 6.73. The Bertz CT molecular complexity index is 1010. The Labute approximate surface area is 184 Å². The molecule has 1 saturated heterocycles. The summed E-state index contributed by atoms with van der Waals surface area (Å²) in [4.78, 5) is 28.6. The first-order valence-corrected chi connectivity index (χ1v) is 13.0. The van der Waals surface area contributed by atoms with Crippen LogP contribution in [0.5, 0.6) is 0 Å². The van der Waals surface area contributed by atoms with E-state index in [9.17, 15) is 18.0 Å². The Balaban J connectivity index is 1.64. The van der Waals surface area contributed by atoms with Crippen LogP contribution in [0.4, 0.5) is 5.69 Å². The van der Waals surface area contributed by atoms with Gasteiger partial charge in [-0.15, -0.1) is 23.1 Å². The lowest BCUT2D eigenvalue weighted by atomic mass is 10.3. The van der Waals surface area contributed by atoms with E-state index in [-0.39, 0.29) is 22.6 Å². The van der Waals surface area contributed by atoms with Gasteiger partial charge in [0.25, 0.3) is 0 Å². The van der Waals surface area contributed by atoms with Gasteiger partial charge in [0.05, 0.1) is 21.5 Å². The van der Waals surface area contributed by atoms with Gasteiger partial charge in [-0.25, -0.2) is 13.4 Å². The summed E-state index contributed by atoms with van der Waals surface area (Å²) in [7, 11) is -3.83. The minimum atomic E-state index is -3.83. The van der Waals surface area contributed by atoms with Crippen molar-refractivity contribution in [3.63, 3.8) is 0 Å². The lowest BCUT2D eigenvalue weighted by Crippen LogP contribution is -2.47. The summed E-state index contributed by atoms with van der Waals surface area (Å²) >= 11 is 2.96. The number of aromatic nitrogens is 1. The van der Waals surface area contributed by atoms with E-state index in [1.807, 2.05) is 12.3 Å². The molecule has 2 aromatic rings. The molecule has 1 aromatic carbocycles. The van der Waals surface area contributed by atoms with Gasteiger partial charge in [0.2, 0.25) is 21.8 Å². The van der Waals surface area contributed by atoms with Crippen LogP contribution in [-0.4, -0.2) is 53.7 Å². The molecule has 1 fully saturated rings. The predicted molar refractivity (Wildman–Crippen MR) is 119 cm³/mol. The van der Waals surface area contributed by atoms with Gasteiger partial charge in [-0.1, -0.05) is 6.92 Å². The van der Waals surface area contributed by atoms with Crippen LogP contribution in [-0.2, 0) is 26.0 Å². The molecule has 1 atom stereocenters. The molecule has 2 amide bonds. The maximum absolute atomic E-state index is 13.1. The molecule has 0 radical (unpaired) electrons. The summed E-state index contributed by atoms with van der Waals surface area (Å²) in [6, 6.07) is 5.24. The number of amides is 2.